The highest BCUT2D eigenvalue weighted by atomic mass is 16.7. The molecule has 0 atom stereocenters. The van der Waals surface area contributed by atoms with Gasteiger partial charge in [0, 0.05) is 35.9 Å². The van der Waals surface area contributed by atoms with Crippen LogP contribution in [0.1, 0.15) is 25.7 Å². The topological polar surface area (TPSA) is 33.7 Å². The molecule has 100 valence electrons. The molecule has 0 saturated carbocycles. The molecule has 0 spiro atoms. The van der Waals surface area contributed by atoms with Gasteiger partial charge in [-0.25, -0.2) is 0 Å². The largest absolute Gasteiger partial charge is 0.454 e. The molecule has 5 aliphatic heterocycles. The van der Waals surface area contributed by atoms with Crippen LogP contribution >= 0.6 is 0 Å². The zero-order valence-electron chi connectivity index (χ0n) is 10.8. The van der Waals surface area contributed by atoms with Gasteiger partial charge in [0.2, 0.25) is 6.79 Å². The molecular weight excluding hydrogens is 240 g/mol. The van der Waals surface area contributed by atoms with Crippen molar-refractivity contribution in [3.8, 4) is 11.5 Å². The van der Waals surface area contributed by atoms with Crippen molar-refractivity contribution in [2.75, 3.05) is 11.7 Å². The minimum Gasteiger partial charge on any atom is -0.454 e. The number of nitrogens with one attached hydrogen (secondary N) is 1. The van der Waals surface area contributed by atoms with Crippen molar-refractivity contribution >= 4 is 5.69 Å². The van der Waals surface area contributed by atoms with E-state index in [1.54, 1.807) is 0 Å². The molecule has 6 rings (SSSR count). The Bertz CT molecular complexity index is 503. The quantitative estimate of drug-likeness (QED) is 0.834. The monoisotopic (exact) mass is 258 g/mol. The minimum absolute atomic E-state index is 0.361. The summed E-state index contributed by atoms with van der Waals surface area (Å²) in [6, 6.07) is 9.36. The van der Waals surface area contributed by atoms with E-state index in [0.717, 1.165) is 23.6 Å². The van der Waals surface area contributed by atoms with Crippen molar-refractivity contribution in [2.45, 2.75) is 49.9 Å². The predicted molar refractivity (Wildman–Crippen MR) is 71.8 cm³/mol. The Kier molecular flexibility index (Phi) is 1.95. The molecule has 0 unspecified atom stereocenters. The number of piperidine rings is 4. The SMILES string of the molecule is c1cc2c(cc1N1C3CC4CC1CC(C3)N4)OCO2. The Labute approximate surface area is 112 Å². The van der Waals surface area contributed by atoms with E-state index in [1.165, 1.54) is 31.4 Å². The van der Waals surface area contributed by atoms with Gasteiger partial charge in [0.15, 0.2) is 11.5 Å². The summed E-state index contributed by atoms with van der Waals surface area (Å²) >= 11 is 0. The van der Waals surface area contributed by atoms with Gasteiger partial charge in [-0.1, -0.05) is 0 Å². The Morgan fingerprint density at radius 3 is 2.37 bits per heavy atom. The molecule has 4 fully saturated rings. The average molecular weight is 258 g/mol. The fourth-order valence-electron chi connectivity index (χ4n) is 4.52. The molecule has 1 aromatic carbocycles. The predicted octanol–water partition coefficient (Wildman–Crippen LogP) is 1.89. The third-order valence-electron chi connectivity index (χ3n) is 5.14. The summed E-state index contributed by atoms with van der Waals surface area (Å²) in [5, 5.41) is 3.76. The highest BCUT2D eigenvalue weighted by Crippen LogP contribution is 2.44. The first kappa shape index (κ1) is 10.4. The van der Waals surface area contributed by atoms with Gasteiger partial charge in [-0.3, -0.25) is 0 Å². The first-order chi connectivity index (χ1) is 9.37. The maximum atomic E-state index is 5.52. The highest BCUT2D eigenvalue weighted by Gasteiger charge is 2.46. The Hall–Kier alpha value is -1.42. The summed E-state index contributed by atoms with van der Waals surface area (Å²) < 4.78 is 10.9. The van der Waals surface area contributed by atoms with Crippen LogP contribution in [0.5, 0.6) is 11.5 Å². The Morgan fingerprint density at radius 1 is 0.947 bits per heavy atom. The number of rotatable bonds is 1. The summed E-state index contributed by atoms with van der Waals surface area (Å²) in [4.78, 5) is 2.65. The number of ether oxygens (including phenoxy) is 2. The van der Waals surface area contributed by atoms with Gasteiger partial charge >= 0.3 is 0 Å². The van der Waals surface area contributed by atoms with Crippen LogP contribution in [0.4, 0.5) is 5.69 Å². The van der Waals surface area contributed by atoms with Gasteiger partial charge in [0.05, 0.1) is 0 Å². The van der Waals surface area contributed by atoms with Gasteiger partial charge in [-0.2, -0.15) is 0 Å². The van der Waals surface area contributed by atoms with Crippen LogP contribution in [0.3, 0.4) is 0 Å². The Morgan fingerprint density at radius 2 is 1.63 bits per heavy atom. The molecule has 5 aliphatic rings. The van der Waals surface area contributed by atoms with Crippen LogP contribution in [0.2, 0.25) is 0 Å². The average Bonchev–Trinajstić information content (AvgIpc) is 2.84. The third kappa shape index (κ3) is 1.43. The molecule has 4 nitrogen and oxygen atoms in total. The van der Waals surface area contributed by atoms with Gasteiger partial charge in [0.25, 0.3) is 0 Å². The standard InChI is InChI=1S/C15H18N2O2/c1-2-14-15(19-8-18-14)7-11(1)17-12-3-9-4-13(17)6-10(5-12)16-9/h1-2,7,9-10,12-13,16H,3-6,8H2. The van der Waals surface area contributed by atoms with Crippen LogP contribution in [0.25, 0.3) is 0 Å². The molecule has 0 amide bonds. The smallest absolute Gasteiger partial charge is 0.231 e. The van der Waals surface area contributed by atoms with E-state index in [4.69, 9.17) is 9.47 Å². The molecule has 0 radical (unpaired) electrons. The van der Waals surface area contributed by atoms with E-state index in [-0.39, 0.29) is 0 Å². The summed E-state index contributed by atoms with van der Waals surface area (Å²) in [6.45, 7) is 0.361. The van der Waals surface area contributed by atoms with Crippen LogP contribution in [0.15, 0.2) is 18.2 Å². The second kappa shape index (κ2) is 3.57. The van der Waals surface area contributed by atoms with Gasteiger partial charge in [-0.15, -0.1) is 0 Å². The van der Waals surface area contributed by atoms with Crippen molar-refractivity contribution in [1.82, 2.24) is 5.32 Å². The molecular formula is C15H18N2O2. The number of benzene rings is 1. The number of hydrogen-bond acceptors (Lipinski definition) is 4. The molecule has 1 aromatic rings. The van der Waals surface area contributed by atoms with Gasteiger partial charge < -0.3 is 19.7 Å². The molecule has 4 saturated heterocycles. The lowest BCUT2D eigenvalue weighted by molar-refractivity contribution is 0.135. The van der Waals surface area contributed by atoms with Crippen molar-refractivity contribution < 1.29 is 9.47 Å². The van der Waals surface area contributed by atoms with E-state index in [9.17, 15) is 0 Å². The normalized spacial score (nSPS) is 38.0. The van der Waals surface area contributed by atoms with Crippen LogP contribution in [0, 0.1) is 0 Å². The molecule has 1 N–H and O–H groups in total. The van der Waals surface area contributed by atoms with E-state index in [0.29, 0.717) is 18.9 Å². The van der Waals surface area contributed by atoms with Crippen LogP contribution < -0.4 is 19.7 Å². The maximum Gasteiger partial charge on any atom is 0.231 e. The van der Waals surface area contributed by atoms with E-state index in [2.05, 4.69) is 28.4 Å². The summed E-state index contributed by atoms with van der Waals surface area (Å²) in [5.74, 6) is 1.79. The summed E-state index contributed by atoms with van der Waals surface area (Å²) in [6.07, 6.45) is 5.17. The first-order valence-corrected chi connectivity index (χ1v) is 7.31. The molecule has 0 aromatic heterocycles. The van der Waals surface area contributed by atoms with Crippen LogP contribution in [-0.2, 0) is 0 Å². The first-order valence-electron chi connectivity index (χ1n) is 7.31. The summed E-state index contributed by atoms with van der Waals surface area (Å²) in [7, 11) is 0. The fraction of sp³-hybridized carbons (Fsp3) is 0.600. The summed E-state index contributed by atoms with van der Waals surface area (Å²) in [5.41, 5.74) is 1.32. The lowest BCUT2D eigenvalue weighted by Crippen LogP contribution is -2.67. The van der Waals surface area contributed by atoms with Gasteiger partial charge in [-0.05, 0) is 37.8 Å². The van der Waals surface area contributed by atoms with Crippen molar-refractivity contribution in [3.63, 3.8) is 0 Å². The van der Waals surface area contributed by atoms with Crippen LogP contribution in [-0.4, -0.2) is 31.0 Å². The fourth-order valence-corrected chi connectivity index (χ4v) is 4.52. The molecule has 0 aliphatic carbocycles. The minimum atomic E-state index is 0.361. The van der Waals surface area contributed by atoms with E-state index >= 15 is 0 Å². The lowest BCUT2D eigenvalue weighted by Gasteiger charge is -2.58. The molecule has 4 heteroatoms. The van der Waals surface area contributed by atoms with Crippen molar-refractivity contribution in [2.24, 2.45) is 0 Å². The lowest BCUT2D eigenvalue weighted by atomic mass is 9.74. The van der Waals surface area contributed by atoms with Crippen molar-refractivity contribution in [1.29, 1.82) is 0 Å². The van der Waals surface area contributed by atoms with Gasteiger partial charge in [0.1, 0.15) is 0 Å². The Balaban J connectivity index is 1.52. The van der Waals surface area contributed by atoms with E-state index < -0.39 is 0 Å². The van der Waals surface area contributed by atoms with E-state index in [1.807, 2.05) is 0 Å². The number of nitrogens with zero attached hydrogens (tertiary/aromatic N) is 1. The third-order valence-corrected chi connectivity index (χ3v) is 5.14. The molecule has 19 heavy (non-hydrogen) atoms. The maximum absolute atomic E-state index is 5.52. The van der Waals surface area contributed by atoms with Crippen molar-refractivity contribution in [3.05, 3.63) is 18.2 Å². The second-order valence-electron chi connectivity index (χ2n) is 6.26. The zero-order chi connectivity index (χ0) is 12.4. The zero-order valence-corrected chi connectivity index (χ0v) is 10.8. The molecule has 5 heterocycles. The number of anilines is 1. The number of fused-ring (bicyclic) bond motifs is 1. The molecule has 4 bridgehead atoms. The second-order valence-corrected chi connectivity index (χ2v) is 6.26. The number of hydrogen-bond donors (Lipinski definition) is 1. The highest BCUT2D eigenvalue weighted by molar-refractivity contribution is 5.59.